The first-order chi connectivity index (χ1) is 10.1. The maximum absolute atomic E-state index is 12.9. The molecule has 5 unspecified atom stereocenters. The van der Waals surface area contributed by atoms with E-state index in [0.717, 1.165) is 38.9 Å². The van der Waals surface area contributed by atoms with E-state index in [1.165, 1.54) is 0 Å². The number of rotatable bonds is 4. The largest absolute Gasteiger partial charge is 0.481 e. The van der Waals surface area contributed by atoms with Gasteiger partial charge in [-0.15, -0.1) is 0 Å². The summed E-state index contributed by atoms with van der Waals surface area (Å²) in [5.41, 5.74) is 0. The van der Waals surface area contributed by atoms with Crippen LogP contribution in [0.1, 0.15) is 19.3 Å². The van der Waals surface area contributed by atoms with Crippen LogP contribution in [-0.4, -0.2) is 48.6 Å². The van der Waals surface area contributed by atoms with E-state index in [2.05, 4.69) is 11.4 Å². The molecule has 2 aliphatic carbocycles. The maximum atomic E-state index is 12.9. The van der Waals surface area contributed by atoms with E-state index in [0.29, 0.717) is 5.92 Å². The fraction of sp³-hybridized carbons (Fsp3) is 0.750. The molecule has 116 valence electrons. The van der Waals surface area contributed by atoms with Gasteiger partial charge in [0, 0.05) is 13.1 Å². The van der Waals surface area contributed by atoms with Crippen LogP contribution in [0.25, 0.3) is 0 Å². The van der Waals surface area contributed by atoms with Gasteiger partial charge < -0.3 is 15.3 Å². The summed E-state index contributed by atoms with van der Waals surface area (Å²) in [6, 6.07) is 0. The molecule has 0 radical (unpaired) electrons. The number of aliphatic carboxylic acids is 1. The number of allylic oxidation sites excluding steroid dienone is 2. The van der Waals surface area contributed by atoms with Gasteiger partial charge in [-0.3, -0.25) is 9.59 Å². The van der Waals surface area contributed by atoms with Crippen LogP contribution < -0.4 is 5.32 Å². The minimum absolute atomic E-state index is 0.0549. The van der Waals surface area contributed by atoms with Gasteiger partial charge in [-0.05, 0) is 50.6 Å². The highest BCUT2D eigenvalue weighted by Crippen LogP contribution is 2.49. The lowest BCUT2D eigenvalue weighted by molar-refractivity contribution is -0.151. The molecule has 0 aromatic rings. The van der Waals surface area contributed by atoms with Gasteiger partial charge in [-0.2, -0.15) is 0 Å². The van der Waals surface area contributed by atoms with Crippen LogP contribution in [0, 0.1) is 29.6 Å². The first-order valence-electron chi connectivity index (χ1n) is 7.96. The summed E-state index contributed by atoms with van der Waals surface area (Å²) in [5, 5.41) is 12.7. The SMILES string of the molecule is CNCC1CCCN(C(=O)C2C3C=CC(C3)C2C(=O)O)C1. The second-order valence-electron chi connectivity index (χ2n) is 6.69. The Kier molecular flexibility index (Phi) is 4.02. The number of hydrogen-bond acceptors (Lipinski definition) is 3. The van der Waals surface area contributed by atoms with Crippen molar-refractivity contribution < 1.29 is 14.7 Å². The lowest BCUT2D eigenvalue weighted by atomic mass is 9.81. The lowest BCUT2D eigenvalue weighted by Crippen LogP contribution is -2.48. The molecule has 2 fully saturated rings. The average Bonchev–Trinajstić information content (AvgIpc) is 3.07. The molecule has 1 saturated heterocycles. The Morgan fingerprint density at radius 3 is 2.67 bits per heavy atom. The topological polar surface area (TPSA) is 69.6 Å². The summed E-state index contributed by atoms with van der Waals surface area (Å²) in [6.07, 6.45) is 7.05. The van der Waals surface area contributed by atoms with E-state index in [1.807, 2.05) is 18.0 Å². The lowest BCUT2D eigenvalue weighted by Gasteiger charge is -2.36. The fourth-order valence-corrected chi connectivity index (χ4v) is 4.43. The number of amides is 1. The summed E-state index contributed by atoms with van der Waals surface area (Å²) in [7, 11) is 1.93. The zero-order valence-corrected chi connectivity index (χ0v) is 12.5. The van der Waals surface area contributed by atoms with Crippen LogP contribution in [-0.2, 0) is 9.59 Å². The number of carbonyl (C=O) groups is 2. The van der Waals surface area contributed by atoms with Crippen molar-refractivity contribution >= 4 is 11.9 Å². The Morgan fingerprint density at radius 1 is 1.29 bits per heavy atom. The van der Waals surface area contributed by atoms with Crippen LogP contribution in [0.15, 0.2) is 12.2 Å². The van der Waals surface area contributed by atoms with Crippen molar-refractivity contribution in [2.75, 3.05) is 26.7 Å². The Morgan fingerprint density at radius 2 is 2.00 bits per heavy atom. The van der Waals surface area contributed by atoms with Crippen molar-refractivity contribution in [3.8, 4) is 0 Å². The average molecular weight is 292 g/mol. The van der Waals surface area contributed by atoms with Crippen molar-refractivity contribution in [1.82, 2.24) is 10.2 Å². The molecule has 0 aromatic carbocycles. The standard InChI is InChI=1S/C16H24N2O3/c1-17-8-10-3-2-6-18(9-10)15(19)13-11-4-5-12(7-11)14(13)16(20)21/h4-5,10-14,17H,2-3,6-9H2,1H3,(H,20,21). The van der Waals surface area contributed by atoms with Gasteiger partial charge in [-0.25, -0.2) is 0 Å². The van der Waals surface area contributed by atoms with E-state index >= 15 is 0 Å². The molecule has 5 heteroatoms. The summed E-state index contributed by atoms with van der Waals surface area (Å²) >= 11 is 0. The van der Waals surface area contributed by atoms with Crippen LogP contribution >= 0.6 is 0 Å². The third-order valence-corrected chi connectivity index (χ3v) is 5.35. The molecule has 21 heavy (non-hydrogen) atoms. The van der Waals surface area contributed by atoms with Crippen LogP contribution in [0.4, 0.5) is 0 Å². The number of carboxylic acid groups (broad SMARTS) is 1. The Balaban J connectivity index is 1.72. The number of fused-ring (bicyclic) bond motifs is 2. The van der Waals surface area contributed by atoms with Crippen molar-refractivity contribution in [3.63, 3.8) is 0 Å². The number of likely N-dealkylation sites (tertiary alicyclic amines) is 1. The molecule has 3 aliphatic rings. The molecular weight excluding hydrogens is 268 g/mol. The predicted molar refractivity (Wildman–Crippen MR) is 78.6 cm³/mol. The van der Waals surface area contributed by atoms with E-state index in [9.17, 15) is 14.7 Å². The van der Waals surface area contributed by atoms with E-state index in [-0.39, 0.29) is 23.7 Å². The van der Waals surface area contributed by atoms with E-state index in [4.69, 9.17) is 0 Å². The first-order valence-corrected chi connectivity index (χ1v) is 7.96. The Bertz CT molecular complexity index is 460. The second kappa shape index (κ2) is 5.79. The Labute approximate surface area is 125 Å². The molecule has 5 nitrogen and oxygen atoms in total. The Hall–Kier alpha value is -1.36. The number of hydrogen-bond donors (Lipinski definition) is 2. The van der Waals surface area contributed by atoms with Gasteiger partial charge in [0.25, 0.3) is 0 Å². The zero-order valence-electron chi connectivity index (χ0n) is 12.5. The van der Waals surface area contributed by atoms with Gasteiger partial charge in [0.15, 0.2) is 0 Å². The molecular formula is C16H24N2O3. The molecule has 5 atom stereocenters. The van der Waals surface area contributed by atoms with Crippen LogP contribution in [0.3, 0.4) is 0 Å². The highest BCUT2D eigenvalue weighted by molar-refractivity contribution is 5.87. The summed E-state index contributed by atoms with van der Waals surface area (Å²) in [5.74, 6) is -0.921. The maximum Gasteiger partial charge on any atom is 0.307 e. The molecule has 1 amide bonds. The predicted octanol–water partition coefficient (Wildman–Crippen LogP) is 0.967. The van der Waals surface area contributed by atoms with E-state index in [1.54, 1.807) is 0 Å². The van der Waals surface area contributed by atoms with Crippen molar-refractivity contribution in [2.45, 2.75) is 19.3 Å². The fourth-order valence-electron chi connectivity index (χ4n) is 4.43. The van der Waals surface area contributed by atoms with Crippen molar-refractivity contribution in [2.24, 2.45) is 29.6 Å². The summed E-state index contributed by atoms with van der Waals surface area (Å²) in [4.78, 5) is 26.3. The molecule has 0 spiro atoms. The highest BCUT2D eigenvalue weighted by atomic mass is 16.4. The molecule has 3 rings (SSSR count). The van der Waals surface area contributed by atoms with Crippen molar-refractivity contribution in [1.29, 1.82) is 0 Å². The minimum atomic E-state index is -0.811. The van der Waals surface area contributed by atoms with Gasteiger partial charge >= 0.3 is 5.97 Å². The number of nitrogens with zero attached hydrogens (tertiary/aromatic N) is 1. The number of carbonyl (C=O) groups excluding carboxylic acids is 1. The summed E-state index contributed by atoms with van der Waals surface area (Å²) in [6.45, 7) is 2.47. The second-order valence-corrected chi connectivity index (χ2v) is 6.69. The van der Waals surface area contributed by atoms with Gasteiger partial charge in [0.1, 0.15) is 0 Å². The van der Waals surface area contributed by atoms with E-state index < -0.39 is 11.9 Å². The van der Waals surface area contributed by atoms with Gasteiger partial charge in [0.2, 0.25) is 5.91 Å². The highest BCUT2D eigenvalue weighted by Gasteiger charge is 2.52. The quantitative estimate of drug-likeness (QED) is 0.758. The monoisotopic (exact) mass is 292 g/mol. The van der Waals surface area contributed by atoms with Gasteiger partial charge in [-0.1, -0.05) is 12.2 Å². The third kappa shape index (κ3) is 2.59. The summed E-state index contributed by atoms with van der Waals surface area (Å²) < 4.78 is 0. The van der Waals surface area contributed by atoms with Gasteiger partial charge in [0.05, 0.1) is 11.8 Å². The minimum Gasteiger partial charge on any atom is -0.481 e. The molecule has 1 aliphatic heterocycles. The molecule has 2 bridgehead atoms. The molecule has 1 heterocycles. The van der Waals surface area contributed by atoms with Crippen LogP contribution in [0.2, 0.25) is 0 Å². The van der Waals surface area contributed by atoms with Crippen molar-refractivity contribution in [3.05, 3.63) is 12.2 Å². The smallest absolute Gasteiger partial charge is 0.307 e. The number of carboxylic acids is 1. The molecule has 1 saturated carbocycles. The molecule has 0 aromatic heterocycles. The normalized spacial score (nSPS) is 38.0. The first kappa shape index (κ1) is 14.6. The zero-order chi connectivity index (χ0) is 15.0. The molecule has 2 N–H and O–H groups in total. The number of piperidine rings is 1. The number of nitrogens with one attached hydrogen (secondary N) is 1. The third-order valence-electron chi connectivity index (χ3n) is 5.35. The van der Waals surface area contributed by atoms with Crippen LogP contribution in [0.5, 0.6) is 0 Å².